The maximum absolute atomic E-state index is 12.8. The molecule has 0 saturated heterocycles. The summed E-state index contributed by atoms with van der Waals surface area (Å²) in [5.41, 5.74) is 4.35. The van der Waals surface area contributed by atoms with Crippen molar-refractivity contribution in [3.8, 4) is 0 Å². The van der Waals surface area contributed by atoms with Crippen molar-refractivity contribution in [1.29, 1.82) is 0 Å². The van der Waals surface area contributed by atoms with Gasteiger partial charge in [0.15, 0.2) is 0 Å². The molecule has 0 spiro atoms. The van der Waals surface area contributed by atoms with E-state index in [1.165, 1.54) is 0 Å². The summed E-state index contributed by atoms with van der Waals surface area (Å²) in [4.78, 5) is 25.7. The van der Waals surface area contributed by atoms with Crippen molar-refractivity contribution < 1.29 is 19.1 Å². The summed E-state index contributed by atoms with van der Waals surface area (Å²) in [7, 11) is 0. The van der Waals surface area contributed by atoms with Crippen LogP contribution in [0.2, 0.25) is 0 Å². The monoisotopic (exact) mass is 390 g/mol. The molecule has 28 heavy (non-hydrogen) atoms. The third kappa shape index (κ3) is 6.65. The first-order valence-electron chi connectivity index (χ1n) is 10.5. The molecule has 0 aliphatic carbocycles. The SMILES string of the molecule is Cc1c(C)c(C)c(C(=O)OCCCC(C)C)c(C(=O)OCCCC(C)C)c1C. The predicted octanol–water partition coefficient (Wildman–Crippen LogP) is 6.11. The van der Waals surface area contributed by atoms with Gasteiger partial charge in [-0.3, -0.25) is 0 Å². The molecule has 0 N–H and O–H groups in total. The number of ether oxygens (including phenoxy) is 2. The Kier molecular flexibility index (Phi) is 9.71. The molecule has 0 aliphatic rings. The number of carbonyl (C=O) groups is 2. The Morgan fingerprint density at radius 2 is 0.964 bits per heavy atom. The fourth-order valence-corrected chi connectivity index (χ4v) is 3.28. The number of hydrogen-bond acceptors (Lipinski definition) is 4. The van der Waals surface area contributed by atoms with E-state index in [0.717, 1.165) is 47.9 Å². The van der Waals surface area contributed by atoms with Crippen molar-refractivity contribution in [2.24, 2.45) is 11.8 Å². The van der Waals surface area contributed by atoms with Crippen LogP contribution in [-0.2, 0) is 9.47 Å². The first kappa shape index (κ1) is 24.2. The van der Waals surface area contributed by atoms with Crippen molar-refractivity contribution >= 4 is 11.9 Å². The zero-order valence-electron chi connectivity index (χ0n) is 19.0. The van der Waals surface area contributed by atoms with Gasteiger partial charge in [-0.25, -0.2) is 9.59 Å². The molecule has 0 aliphatic heterocycles. The summed E-state index contributed by atoms with van der Waals surface area (Å²) >= 11 is 0. The van der Waals surface area contributed by atoms with Gasteiger partial charge in [-0.05, 0) is 87.5 Å². The molecule has 0 saturated carbocycles. The van der Waals surface area contributed by atoms with Crippen LogP contribution in [0.1, 0.15) is 96.3 Å². The van der Waals surface area contributed by atoms with E-state index in [-0.39, 0.29) is 0 Å². The molecule has 0 heterocycles. The van der Waals surface area contributed by atoms with Gasteiger partial charge in [0, 0.05) is 0 Å². The van der Waals surface area contributed by atoms with Gasteiger partial charge in [0.25, 0.3) is 0 Å². The van der Waals surface area contributed by atoms with Gasteiger partial charge in [-0.2, -0.15) is 0 Å². The second-order valence-corrected chi connectivity index (χ2v) is 8.59. The third-order valence-electron chi connectivity index (χ3n) is 5.41. The normalized spacial score (nSPS) is 11.2. The minimum Gasteiger partial charge on any atom is -0.462 e. The summed E-state index contributed by atoms with van der Waals surface area (Å²) in [5, 5.41) is 0. The van der Waals surface area contributed by atoms with E-state index in [9.17, 15) is 9.59 Å². The molecule has 0 atom stereocenters. The molecule has 4 heteroatoms. The summed E-state index contributed by atoms with van der Waals surface area (Å²) in [6, 6.07) is 0. The number of carbonyl (C=O) groups excluding carboxylic acids is 2. The molecule has 0 aromatic heterocycles. The number of esters is 2. The highest BCUT2D eigenvalue weighted by Gasteiger charge is 2.27. The quantitative estimate of drug-likeness (QED) is 0.357. The van der Waals surface area contributed by atoms with Gasteiger partial charge < -0.3 is 9.47 Å². The molecule has 0 amide bonds. The zero-order chi connectivity index (χ0) is 21.4. The van der Waals surface area contributed by atoms with Crippen LogP contribution in [0.3, 0.4) is 0 Å². The minimum absolute atomic E-state index is 0.360. The highest BCUT2D eigenvalue weighted by Crippen LogP contribution is 2.28. The summed E-state index contributed by atoms with van der Waals surface area (Å²) in [5.74, 6) is 0.282. The highest BCUT2D eigenvalue weighted by molar-refractivity contribution is 6.05. The topological polar surface area (TPSA) is 52.6 Å². The molecule has 1 rings (SSSR count). The maximum Gasteiger partial charge on any atom is 0.339 e. The zero-order valence-corrected chi connectivity index (χ0v) is 19.0. The van der Waals surface area contributed by atoms with Crippen LogP contribution in [0.5, 0.6) is 0 Å². The molecule has 4 nitrogen and oxygen atoms in total. The fourth-order valence-electron chi connectivity index (χ4n) is 3.28. The van der Waals surface area contributed by atoms with Crippen LogP contribution in [0, 0.1) is 39.5 Å². The summed E-state index contributed by atoms with van der Waals surface area (Å²) in [6.45, 7) is 17.0. The Labute approximate surface area is 171 Å². The molecule has 1 aromatic rings. The van der Waals surface area contributed by atoms with Gasteiger partial charge >= 0.3 is 11.9 Å². The Morgan fingerprint density at radius 3 is 1.25 bits per heavy atom. The molecule has 1 aromatic carbocycles. The summed E-state index contributed by atoms with van der Waals surface area (Å²) < 4.78 is 11.0. The smallest absolute Gasteiger partial charge is 0.339 e. The lowest BCUT2D eigenvalue weighted by atomic mass is 9.89. The second-order valence-electron chi connectivity index (χ2n) is 8.59. The highest BCUT2D eigenvalue weighted by atomic mass is 16.5. The molecular weight excluding hydrogens is 352 g/mol. The minimum atomic E-state index is -0.429. The lowest BCUT2D eigenvalue weighted by Crippen LogP contribution is -2.20. The van der Waals surface area contributed by atoms with E-state index in [0.29, 0.717) is 36.2 Å². The van der Waals surface area contributed by atoms with E-state index in [1.807, 2.05) is 27.7 Å². The number of rotatable bonds is 10. The lowest BCUT2D eigenvalue weighted by Gasteiger charge is -2.19. The van der Waals surface area contributed by atoms with E-state index in [1.54, 1.807) is 0 Å². The van der Waals surface area contributed by atoms with E-state index < -0.39 is 11.9 Å². The third-order valence-corrected chi connectivity index (χ3v) is 5.41. The fraction of sp³-hybridized carbons (Fsp3) is 0.667. The van der Waals surface area contributed by atoms with Crippen LogP contribution in [0.4, 0.5) is 0 Å². The Morgan fingerprint density at radius 1 is 0.643 bits per heavy atom. The lowest BCUT2D eigenvalue weighted by molar-refractivity contribution is 0.0446. The van der Waals surface area contributed by atoms with Gasteiger partial charge in [-0.1, -0.05) is 27.7 Å². The molecule has 0 unspecified atom stereocenters. The second kappa shape index (κ2) is 11.2. The van der Waals surface area contributed by atoms with Crippen LogP contribution in [0.25, 0.3) is 0 Å². The van der Waals surface area contributed by atoms with Crippen molar-refractivity contribution in [3.05, 3.63) is 33.4 Å². The van der Waals surface area contributed by atoms with Crippen LogP contribution < -0.4 is 0 Å². The van der Waals surface area contributed by atoms with Gasteiger partial charge in [0.2, 0.25) is 0 Å². The number of hydrogen-bond donors (Lipinski definition) is 0. The Balaban J connectivity index is 3.06. The average Bonchev–Trinajstić information content (AvgIpc) is 2.62. The van der Waals surface area contributed by atoms with Crippen LogP contribution in [0.15, 0.2) is 0 Å². The molecule has 0 bridgehead atoms. The maximum atomic E-state index is 12.8. The first-order valence-corrected chi connectivity index (χ1v) is 10.5. The average molecular weight is 391 g/mol. The van der Waals surface area contributed by atoms with Crippen molar-refractivity contribution in [1.82, 2.24) is 0 Å². The van der Waals surface area contributed by atoms with Crippen molar-refractivity contribution in [2.75, 3.05) is 13.2 Å². The van der Waals surface area contributed by atoms with Crippen molar-refractivity contribution in [2.45, 2.75) is 81.1 Å². The van der Waals surface area contributed by atoms with Crippen LogP contribution in [-0.4, -0.2) is 25.2 Å². The van der Waals surface area contributed by atoms with Gasteiger partial charge in [0.05, 0.1) is 24.3 Å². The molecule has 0 fully saturated rings. The van der Waals surface area contributed by atoms with E-state index in [2.05, 4.69) is 27.7 Å². The van der Waals surface area contributed by atoms with Crippen LogP contribution >= 0.6 is 0 Å². The van der Waals surface area contributed by atoms with E-state index >= 15 is 0 Å². The Hall–Kier alpha value is -1.84. The van der Waals surface area contributed by atoms with E-state index in [4.69, 9.17) is 9.47 Å². The number of benzene rings is 1. The standard InChI is InChI=1S/C24H38O4/c1-15(2)11-9-13-27-23(25)21-19(7)17(5)18(6)20(8)22(21)24(26)28-14-10-12-16(3)4/h15-16H,9-14H2,1-8H3. The van der Waals surface area contributed by atoms with Gasteiger partial charge in [-0.15, -0.1) is 0 Å². The van der Waals surface area contributed by atoms with Crippen molar-refractivity contribution in [3.63, 3.8) is 0 Å². The summed E-state index contributed by atoms with van der Waals surface area (Å²) in [6.07, 6.45) is 3.65. The largest absolute Gasteiger partial charge is 0.462 e. The Bertz CT molecular complexity index is 628. The first-order chi connectivity index (χ1) is 13.1. The van der Waals surface area contributed by atoms with Gasteiger partial charge in [0.1, 0.15) is 0 Å². The molecular formula is C24H38O4. The molecule has 158 valence electrons. The predicted molar refractivity (Wildman–Crippen MR) is 114 cm³/mol. The molecule has 0 radical (unpaired) electrons.